The number of hydrogen-bond acceptors (Lipinski definition) is 6. The second kappa shape index (κ2) is 9.22. The van der Waals surface area contributed by atoms with Gasteiger partial charge in [-0.15, -0.1) is 0 Å². The molecule has 2 aromatic rings. The lowest BCUT2D eigenvalue weighted by Gasteiger charge is -2.19. The number of ether oxygens (including phenoxy) is 3. The summed E-state index contributed by atoms with van der Waals surface area (Å²) in [6.07, 6.45) is -5.00. The fourth-order valence-corrected chi connectivity index (χ4v) is 3.53. The number of hydrogen-bond donors (Lipinski definition) is 3. The first-order valence-electron chi connectivity index (χ1n) is 9.17. The number of aliphatic hydroxyl groups is 3. The zero-order valence-corrected chi connectivity index (χ0v) is 16.5. The van der Waals surface area contributed by atoms with E-state index < -0.39 is 30.7 Å². The molecule has 152 valence electrons. The largest absolute Gasteiger partial charge is 0.494 e. The van der Waals surface area contributed by atoms with Gasteiger partial charge >= 0.3 is 0 Å². The molecule has 0 saturated carbocycles. The standard InChI is InChI=1S/C21H25ClO6/c1-3-27-15-7-4-12(5-8-15)10-14-11-13(6-9-16(14)22)19-17(23)18(24)20(28-19)21(25)26-2/h4-9,11,17-21,23-25H,3,10H2,1-2H3/t17-,18-,19+,20?,21?/m1/s1. The molecule has 0 bridgehead atoms. The van der Waals surface area contributed by atoms with Gasteiger partial charge in [0, 0.05) is 12.1 Å². The maximum Gasteiger partial charge on any atom is 0.183 e. The zero-order chi connectivity index (χ0) is 20.3. The Kier molecular flexibility index (Phi) is 6.93. The van der Waals surface area contributed by atoms with Crippen molar-refractivity contribution in [3.8, 4) is 5.75 Å². The van der Waals surface area contributed by atoms with Gasteiger partial charge in [-0.25, -0.2) is 0 Å². The van der Waals surface area contributed by atoms with Crippen molar-refractivity contribution in [3.05, 3.63) is 64.2 Å². The van der Waals surface area contributed by atoms with Crippen molar-refractivity contribution in [1.29, 1.82) is 0 Å². The van der Waals surface area contributed by atoms with E-state index in [1.165, 1.54) is 7.11 Å². The van der Waals surface area contributed by atoms with E-state index in [1.54, 1.807) is 12.1 Å². The normalized spacial score (nSPS) is 25.6. The monoisotopic (exact) mass is 408 g/mol. The number of aliphatic hydroxyl groups excluding tert-OH is 3. The molecule has 0 spiro atoms. The molecule has 1 saturated heterocycles. The summed E-state index contributed by atoms with van der Waals surface area (Å²) < 4.78 is 15.9. The molecule has 1 aliphatic heterocycles. The van der Waals surface area contributed by atoms with Crippen molar-refractivity contribution in [2.75, 3.05) is 13.7 Å². The van der Waals surface area contributed by atoms with E-state index in [0.29, 0.717) is 23.6 Å². The van der Waals surface area contributed by atoms with E-state index in [4.69, 9.17) is 25.8 Å². The highest BCUT2D eigenvalue weighted by Gasteiger charge is 2.46. The Morgan fingerprint density at radius 2 is 1.82 bits per heavy atom. The molecule has 28 heavy (non-hydrogen) atoms. The van der Waals surface area contributed by atoms with Crippen molar-refractivity contribution >= 4 is 11.6 Å². The van der Waals surface area contributed by atoms with Gasteiger partial charge in [0.05, 0.1) is 6.61 Å². The first kappa shape index (κ1) is 21.0. The molecule has 3 N–H and O–H groups in total. The first-order chi connectivity index (χ1) is 13.4. The van der Waals surface area contributed by atoms with Crippen molar-refractivity contribution < 1.29 is 29.5 Å². The third kappa shape index (κ3) is 4.49. The average Bonchev–Trinajstić information content (AvgIpc) is 3.00. The highest BCUT2D eigenvalue weighted by atomic mass is 35.5. The molecule has 0 amide bonds. The summed E-state index contributed by atoms with van der Waals surface area (Å²) in [5.41, 5.74) is 2.59. The van der Waals surface area contributed by atoms with Gasteiger partial charge in [-0.05, 0) is 48.2 Å². The van der Waals surface area contributed by atoms with Gasteiger partial charge in [0.2, 0.25) is 0 Å². The number of methoxy groups -OCH3 is 1. The Bertz CT molecular complexity index is 781. The summed E-state index contributed by atoms with van der Waals surface area (Å²) in [5.74, 6) is 0.810. The molecule has 6 nitrogen and oxygen atoms in total. The molecule has 1 aliphatic rings. The molecule has 0 aliphatic carbocycles. The highest BCUT2D eigenvalue weighted by Crippen LogP contribution is 2.36. The van der Waals surface area contributed by atoms with Gasteiger partial charge in [-0.3, -0.25) is 0 Å². The fourth-order valence-electron chi connectivity index (χ4n) is 3.35. The van der Waals surface area contributed by atoms with Crippen LogP contribution in [-0.4, -0.2) is 53.6 Å². The summed E-state index contributed by atoms with van der Waals surface area (Å²) in [4.78, 5) is 0. The van der Waals surface area contributed by atoms with Gasteiger partial charge in [0.15, 0.2) is 6.29 Å². The quantitative estimate of drug-likeness (QED) is 0.610. The van der Waals surface area contributed by atoms with Crippen LogP contribution in [0.15, 0.2) is 42.5 Å². The topological polar surface area (TPSA) is 88.4 Å². The maximum atomic E-state index is 10.4. The summed E-state index contributed by atoms with van der Waals surface area (Å²) in [5, 5.41) is 30.9. The van der Waals surface area contributed by atoms with Crippen LogP contribution in [0.5, 0.6) is 5.75 Å². The van der Waals surface area contributed by atoms with Gasteiger partial charge in [-0.1, -0.05) is 35.9 Å². The predicted molar refractivity (Wildman–Crippen MR) is 105 cm³/mol. The van der Waals surface area contributed by atoms with Crippen LogP contribution in [0.3, 0.4) is 0 Å². The maximum absolute atomic E-state index is 10.4. The molecule has 1 fully saturated rings. The van der Waals surface area contributed by atoms with Gasteiger partial charge in [-0.2, -0.15) is 0 Å². The average molecular weight is 409 g/mol. The highest BCUT2D eigenvalue weighted by molar-refractivity contribution is 6.31. The lowest BCUT2D eigenvalue weighted by atomic mass is 9.97. The van der Waals surface area contributed by atoms with Crippen molar-refractivity contribution in [2.45, 2.75) is 44.1 Å². The lowest BCUT2D eigenvalue weighted by molar-refractivity contribution is -0.177. The van der Waals surface area contributed by atoms with Crippen LogP contribution in [0.2, 0.25) is 5.02 Å². The second-order valence-corrected chi connectivity index (χ2v) is 7.14. The van der Waals surface area contributed by atoms with Crippen LogP contribution in [0.25, 0.3) is 0 Å². The fraction of sp³-hybridized carbons (Fsp3) is 0.429. The van der Waals surface area contributed by atoms with E-state index in [9.17, 15) is 15.3 Å². The van der Waals surface area contributed by atoms with Crippen LogP contribution in [0.1, 0.15) is 29.7 Å². The Hall–Kier alpha value is -1.67. The summed E-state index contributed by atoms with van der Waals surface area (Å²) in [6, 6.07) is 13.1. The Labute approximate surface area is 169 Å². The molecular weight excluding hydrogens is 384 g/mol. The van der Waals surface area contributed by atoms with Crippen LogP contribution in [-0.2, 0) is 15.9 Å². The molecule has 1 heterocycles. The molecular formula is C21H25ClO6. The van der Waals surface area contributed by atoms with E-state index in [1.807, 2.05) is 37.3 Å². The van der Waals surface area contributed by atoms with E-state index in [-0.39, 0.29) is 0 Å². The third-order valence-electron chi connectivity index (χ3n) is 4.85. The predicted octanol–water partition coefficient (Wildman–Crippen LogP) is 2.46. The van der Waals surface area contributed by atoms with Crippen molar-refractivity contribution in [1.82, 2.24) is 0 Å². The molecule has 2 aromatic carbocycles. The Balaban J connectivity index is 1.79. The molecule has 0 radical (unpaired) electrons. The van der Waals surface area contributed by atoms with Gasteiger partial charge in [0.25, 0.3) is 0 Å². The van der Waals surface area contributed by atoms with E-state index in [2.05, 4.69) is 0 Å². The smallest absolute Gasteiger partial charge is 0.183 e. The number of halogens is 1. The SMILES string of the molecule is CCOc1ccc(Cc2cc([C@@H]3OC(C(O)OC)[C@H](O)[C@H]3O)ccc2Cl)cc1. The summed E-state index contributed by atoms with van der Waals surface area (Å²) in [6.45, 7) is 2.55. The molecule has 2 unspecified atom stereocenters. The minimum absolute atomic E-state index is 0.592. The zero-order valence-electron chi connectivity index (χ0n) is 15.8. The van der Waals surface area contributed by atoms with Crippen LogP contribution in [0.4, 0.5) is 0 Å². The minimum Gasteiger partial charge on any atom is -0.494 e. The van der Waals surface area contributed by atoms with Crippen molar-refractivity contribution in [2.24, 2.45) is 0 Å². The molecule has 3 rings (SSSR count). The van der Waals surface area contributed by atoms with E-state index >= 15 is 0 Å². The minimum atomic E-state index is -1.33. The summed E-state index contributed by atoms with van der Waals surface area (Å²) >= 11 is 6.36. The molecule has 5 atom stereocenters. The molecule has 0 aromatic heterocycles. The van der Waals surface area contributed by atoms with Crippen LogP contribution >= 0.6 is 11.6 Å². The Morgan fingerprint density at radius 3 is 2.46 bits per heavy atom. The Morgan fingerprint density at radius 1 is 1.11 bits per heavy atom. The van der Waals surface area contributed by atoms with Gasteiger partial charge < -0.3 is 29.5 Å². The number of rotatable bonds is 7. The first-order valence-corrected chi connectivity index (χ1v) is 9.55. The molecule has 7 heteroatoms. The second-order valence-electron chi connectivity index (χ2n) is 6.73. The summed E-state index contributed by atoms with van der Waals surface area (Å²) in [7, 11) is 1.30. The van der Waals surface area contributed by atoms with Gasteiger partial charge in [0.1, 0.15) is 30.2 Å². The van der Waals surface area contributed by atoms with Crippen molar-refractivity contribution in [3.63, 3.8) is 0 Å². The number of benzene rings is 2. The van der Waals surface area contributed by atoms with Crippen LogP contribution in [0, 0.1) is 0 Å². The lowest BCUT2D eigenvalue weighted by Crippen LogP contribution is -2.39. The third-order valence-corrected chi connectivity index (χ3v) is 5.22. The van der Waals surface area contributed by atoms with Crippen LogP contribution < -0.4 is 4.74 Å². The van der Waals surface area contributed by atoms with E-state index in [0.717, 1.165) is 16.9 Å².